The summed E-state index contributed by atoms with van der Waals surface area (Å²) in [5.74, 6) is -0.344. The number of nitrogens with zero attached hydrogens (tertiary/aromatic N) is 6. The topological polar surface area (TPSA) is 143 Å². The summed E-state index contributed by atoms with van der Waals surface area (Å²) in [5, 5.41) is 24.6. The van der Waals surface area contributed by atoms with Crippen LogP contribution in [0.15, 0.2) is 43.5 Å². The molecule has 23 heavy (non-hydrogen) atoms. The molecule has 0 bridgehead atoms. The van der Waals surface area contributed by atoms with Gasteiger partial charge in [0.2, 0.25) is 5.91 Å². The number of aryl methyl sites for hydroxylation is 2. The monoisotopic (exact) mass is 314 g/mol. The van der Waals surface area contributed by atoms with E-state index >= 15 is 0 Å². The molecule has 1 aliphatic heterocycles. The van der Waals surface area contributed by atoms with Crippen molar-refractivity contribution < 1.29 is 9.42 Å². The van der Waals surface area contributed by atoms with Crippen molar-refractivity contribution in [1.29, 1.82) is 0 Å². The molecule has 0 aliphatic carbocycles. The first kappa shape index (κ1) is 14.8. The van der Waals surface area contributed by atoms with E-state index in [1.165, 1.54) is 0 Å². The smallest absolute Gasteiger partial charge is 0.252 e. The predicted molar refractivity (Wildman–Crippen MR) is 79.3 cm³/mol. The van der Waals surface area contributed by atoms with Gasteiger partial charge in [0, 0.05) is 5.69 Å². The van der Waals surface area contributed by atoms with Gasteiger partial charge < -0.3 is 11.1 Å². The summed E-state index contributed by atoms with van der Waals surface area (Å²) in [6, 6.07) is 5.71. The highest BCUT2D eigenvalue weighted by Crippen LogP contribution is 2.37. The van der Waals surface area contributed by atoms with Crippen molar-refractivity contribution in [3.63, 3.8) is 0 Å². The van der Waals surface area contributed by atoms with Crippen LogP contribution in [-0.4, -0.2) is 16.2 Å². The quantitative estimate of drug-likeness (QED) is 0.889. The first-order valence-corrected chi connectivity index (χ1v) is 6.80. The van der Waals surface area contributed by atoms with E-state index < -0.39 is 5.66 Å². The number of carbonyl (C=O) groups is 1. The molecule has 1 aromatic heterocycles. The van der Waals surface area contributed by atoms with Crippen LogP contribution in [0.25, 0.3) is 0 Å². The third-order valence-corrected chi connectivity index (χ3v) is 3.42. The minimum Gasteiger partial charge on any atom is -0.379 e. The third kappa shape index (κ3) is 2.78. The molecule has 0 radical (unpaired) electrons. The number of anilines is 2. The minimum absolute atomic E-state index is 0.0101. The van der Waals surface area contributed by atoms with Gasteiger partial charge in [0.25, 0.3) is 5.66 Å². The van der Waals surface area contributed by atoms with Crippen molar-refractivity contribution in [1.82, 2.24) is 10.3 Å². The third-order valence-electron chi connectivity index (χ3n) is 3.42. The Morgan fingerprint density at radius 2 is 2.00 bits per heavy atom. The standard InChI is InChI=1S/C13H14N8O2/c1-7-3-4-9(8(2)5-7)15-10(22)6-13(18-20-21-19-13)11-12(14)17-23-16-11/h3-5H,6H2,1-2H3,(H2,14,17)(H,15,22). The summed E-state index contributed by atoms with van der Waals surface area (Å²) in [5.41, 5.74) is 7.10. The molecular formula is C13H14N8O2. The maximum atomic E-state index is 12.4. The van der Waals surface area contributed by atoms with Gasteiger partial charge in [0.1, 0.15) is 0 Å². The maximum absolute atomic E-state index is 12.4. The maximum Gasteiger partial charge on any atom is 0.252 e. The van der Waals surface area contributed by atoms with Gasteiger partial charge in [-0.1, -0.05) is 17.7 Å². The van der Waals surface area contributed by atoms with Crippen LogP contribution < -0.4 is 11.1 Å². The molecule has 0 fully saturated rings. The lowest BCUT2D eigenvalue weighted by Crippen LogP contribution is -2.28. The van der Waals surface area contributed by atoms with Crippen LogP contribution >= 0.6 is 0 Å². The fourth-order valence-corrected chi connectivity index (χ4v) is 2.30. The van der Waals surface area contributed by atoms with E-state index in [2.05, 4.69) is 40.9 Å². The van der Waals surface area contributed by atoms with E-state index in [1.54, 1.807) is 0 Å². The number of hydrogen-bond donors (Lipinski definition) is 2. The van der Waals surface area contributed by atoms with E-state index in [0.29, 0.717) is 5.69 Å². The second-order valence-corrected chi connectivity index (χ2v) is 5.24. The molecule has 2 heterocycles. The largest absolute Gasteiger partial charge is 0.379 e. The molecule has 1 aliphatic rings. The van der Waals surface area contributed by atoms with Crippen LogP contribution in [0.3, 0.4) is 0 Å². The molecule has 0 atom stereocenters. The van der Waals surface area contributed by atoms with Crippen molar-refractivity contribution in [3.05, 3.63) is 35.0 Å². The van der Waals surface area contributed by atoms with E-state index in [-0.39, 0.29) is 23.8 Å². The number of aromatic nitrogens is 2. The van der Waals surface area contributed by atoms with Crippen LogP contribution in [0.2, 0.25) is 0 Å². The SMILES string of the molecule is Cc1ccc(NC(=O)CC2(c3nonc3N)N=NN=N2)c(C)c1. The van der Waals surface area contributed by atoms with Crippen molar-refractivity contribution in [2.75, 3.05) is 11.1 Å². The lowest BCUT2D eigenvalue weighted by Gasteiger charge is -2.17. The molecule has 0 saturated heterocycles. The van der Waals surface area contributed by atoms with Gasteiger partial charge in [-0.15, -0.1) is 10.2 Å². The van der Waals surface area contributed by atoms with E-state index in [9.17, 15) is 4.79 Å². The Balaban J connectivity index is 1.82. The first-order chi connectivity index (χ1) is 11.0. The number of nitrogens with one attached hydrogen (secondary N) is 1. The van der Waals surface area contributed by atoms with Crippen LogP contribution in [0.5, 0.6) is 0 Å². The van der Waals surface area contributed by atoms with E-state index in [0.717, 1.165) is 11.1 Å². The Bertz CT molecular complexity index is 798. The number of carbonyl (C=O) groups excluding carboxylic acids is 1. The minimum atomic E-state index is -1.44. The summed E-state index contributed by atoms with van der Waals surface area (Å²) >= 11 is 0. The van der Waals surface area contributed by atoms with E-state index in [1.807, 2.05) is 32.0 Å². The van der Waals surface area contributed by atoms with Gasteiger partial charge in [0.05, 0.1) is 6.42 Å². The second kappa shape index (κ2) is 5.55. The van der Waals surface area contributed by atoms with Crippen molar-refractivity contribution in [2.45, 2.75) is 25.9 Å². The molecule has 2 aromatic rings. The van der Waals surface area contributed by atoms with Crippen LogP contribution in [-0.2, 0) is 10.5 Å². The Hall–Kier alpha value is -3.17. The van der Waals surface area contributed by atoms with Gasteiger partial charge in [-0.05, 0) is 46.2 Å². The summed E-state index contributed by atoms with van der Waals surface area (Å²) in [6.07, 6.45) is -0.175. The molecule has 10 heteroatoms. The number of benzene rings is 1. The van der Waals surface area contributed by atoms with Gasteiger partial charge in [-0.25, -0.2) is 4.63 Å². The average Bonchev–Trinajstić information content (AvgIpc) is 3.12. The summed E-state index contributed by atoms with van der Waals surface area (Å²) < 4.78 is 4.55. The van der Waals surface area contributed by atoms with E-state index in [4.69, 9.17) is 5.73 Å². The highest BCUT2D eigenvalue weighted by molar-refractivity contribution is 5.92. The zero-order valence-corrected chi connectivity index (χ0v) is 12.5. The number of amides is 1. The molecule has 1 amide bonds. The average molecular weight is 314 g/mol. The van der Waals surface area contributed by atoms with Gasteiger partial charge >= 0.3 is 0 Å². The number of rotatable bonds is 4. The lowest BCUT2D eigenvalue weighted by atomic mass is 10.0. The van der Waals surface area contributed by atoms with Gasteiger partial charge in [0.15, 0.2) is 11.5 Å². The molecule has 0 unspecified atom stereocenters. The second-order valence-electron chi connectivity index (χ2n) is 5.24. The van der Waals surface area contributed by atoms with Crippen LogP contribution in [0, 0.1) is 13.8 Å². The van der Waals surface area contributed by atoms with Crippen LogP contribution in [0.1, 0.15) is 23.2 Å². The fraction of sp³-hybridized carbons (Fsp3) is 0.308. The molecular weight excluding hydrogens is 300 g/mol. The summed E-state index contributed by atoms with van der Waals surface area (Å²) in [7, 11) is 0. The highest BCUT2D eigenvalue weighted by atomic mass is 16.6. The zero-order chi connectivity index (χ0) is 16.4. The number of hydrogen-bond acceptors (Lipinski definition) is 9. The molecule has 0 spiro atoms. The number of nitrogens with two attached hydrogens (primary N) is 1. The summed E-state index contributed by atoms with van der Waals surface area (Å²) in [6.45, 7) is 3.89. The first-order valence-electron chi connectivity index (χ1n) is 6.80. The molecule has 3 N–H and O–H groups in total. The molecule has 1 aromatic carbocycles. The Kier molecular flexibility index (Phi) is 3.56. The Labute approximate surface area is 130 Å². The Morgan fingerprint density at radius 1 is 1.26 bits per heavy atom. The summed E-state index contributed by atoms with van der Waals surface area (Å²) in [4.78, 5) is 12.4. The molecule has 0 saturated carbocycles. The van der Waals surface area contributed by atoms with Crippen LogP contribution in [0.4, 0.5) is 11.5 Å². The Morgan fingerprint density at radius 3 is 2.61 bits per heavy atom. The number of nitrogen functional groups attached to an aromatic ring is 1. The van der Waals surface area contributed by atoms with Crippen molar-refractivity contribution in [2.24, 2.45) is 20.7 Å². The van der Waals surface area contributed by atoms with Crippen molar-refractivity contribution in [3.8, 4) is 0 Å². The predicted octanol–water partition coefficient (Wildman–Crippen LogP) is 2.28. The molecule has 10 nitrogen and oxygen atoms in total. The molecule has 118 valence electrons. The fourth-order valence-electron chi connectivity index (χ4n) is 2.30. The molecule has 3 rings (SSSR count). The van der Waals surface area contributed by atoms with Gasteiger partial charge in [-0.3, -0.25) is 4.79 Å². The lowest BCUT2D eigenvalue weighted by molar-refractivity contribution is -0.117. The highest BCUT2D eigenvalue weighted by Gasteiger charge is 2.43. The van der Waals surface area contributed by atoms with Crippen molar-refractivity contribution >= 4 is 17.4 Å². The zero-order valence-electron chi connectivity index (χ0n) is 12.5. The normalized spacial score (nSPS) is 15.0. The van der Waals surface area contributed by atoms with Gasteiger partial charge in [-0.2, -0.15) is 0 Å².